The first-order chi connectivity index (χ1) is 12.1. The van der Waals surface area contributed by atoms with Crippen molar-refractivity contribution in [2.24, 2.45) is 0 Å². The van der Waals surface area contributed by atoms with E-state index in [4.69, 9.17) is 12.2 Å². The molecule has 0 unspecified atom stereocenters. The van der Waals surface area contributed by atoms with Crippen LogP contribution in [-0.2, 0) is 17.9 Å². The average Bonchev–Trinajstić information content (AvgIpc) is 2.92. The number of nitrogens with one attached hydrogen (secondary N) is 1. The minimum absolute atomic E-state index is 0.157. The molecule has 128 valence electrons. The van der Waals surface area contributed by atoms with Gasteiger partial charge in [0.1, 0.15) is 4.70 Å². The van der Waals surface area contributed by atoms with Gasteiger partial charge in [0.05, 0.1) is 6.33 Å². The van der Waals surface area contributed by atoms with Crippen LogP contribution in [0, 0.1) is 3.95 Å². The lowest BCUT2D eigenvalue weighted by atomic mass is 10.3. The molecule has 1 aromatic carbocycles. The number of nitrogens with zero attached hydrogens (tertiary/aromatic N) is 3. The van der Waals surface area contributed by atoms with Crippen molar-refractivity contribution < 1.29 is 4.79 Å². The van der Waals surface area contributed by atoms with Crippen LogP contribution < -0.4 is 10.9 Å². The molecule has 2 aromatic heterocycles. The fourth-order valence-corrected chi connectivity index (χ4v) is 3.70. The highest BCUT2D eigenvalue weighted by molar-refractivity contribution is 7.73. The van der Waals surface area contributed by atoms with Gasteiger partial charge in [-0.25, -0.2) is 4.98 Å². The molecule has 1 amide bonds. The quantitative estimate of drug-likeness (QED) is 0.533. The Morgan fingerprint density at radius 1 is 1.36 bits per heavy atom. The lowest BCUT2D eigenvalue weighted by Crippen LogP contribution is -2.23. The molecule has 0 aliphatic heterocycles. The van der Waals surface area contributed by atoms with E-state index in [0.29, 0.717) is 20.8 Å². The third kappa shape index (κ3) is 3.75. The number of benzene rings is 1. The zero-order chi connectivity index (χ0) is 17.8. The number of allylic oxidation sites excluding steroid dienone is 1. The van der Waals surface area contributed by atoms with Crippen molar-refractivity contribution >= 4 is 45.5 Å². The van der Waals surface area contributed by atoms with Gasteiger partial charge in [-0.15, -0.1) is 6.58 Å². The number of rotatable bonds is 6. The van der Waals surface area contributed by atoms with Crippen molar-refractivity contribution in [2.75, 3.05) is 5.32 Å². The SMILES string of the molecule is C=CCn1c(=S)sc2c(=O)n(CCC(=O)Nc3ccccc3)cnc21. The summed E-state index contributed by atoms with van der Waals surface area (Å²) in [6, 6.07) is 9.20. The average molecular weight is 372 g/mol. The topological polar surface area (TPSA) is 68.9 Å². The van der Waals surface area contributed by atoms with E-state index in [1.807, 2.05) is 30.3 Å². The first-order valence-corrected chi connectivity index (χ1v) is 8.87. The van der Waals surface area contributed by atoms with E-state index in [1.165, 1.54) is 22.2 Å². The van der Waals surface area contributed by atoms with Crippen LogP contribution >= 0.6 is 23.6 Å². The van der Waals surface area contributed by atoms with Crippen molar-refractivity contribution in [2.45, 2.75) is 19.5 Å². The summed E-state index contributed by atoms with van der Waals surface area (Å²) < 4.78 is 4.30. The minimum Gasteiger partial charge on any atom is -0.326 e. The molecule has 3 aromatic rings. The Morgan fingerprint density at radius 3 is 2.84 bits per heavy atom. The van der Waals surface area contributed by atoms with E-state index in [1.54, 1.807) is 10.6 Å². The molecule has 8 heteroatoms. The van der Waals surface area contributed by atoms with Crippen molar-refractivity contribution in [3.05, 3.63) is 63.6 Å². The normalized spacial score (nSPS) is 10.7. The van der Waals surface area contributed by atoms with Crippen molar-refractivity contribution in [1.82, 2.24) is 14.1 Å². The van der Waals surface area contributed by atoms with Gasteiger partial charge >= 0.3 is 0 Å². The zero-order valence-electron chi connectivity index (χ0n) is 13.3. The largest absolute Gasteiger partial charge is 0.326 e. The summed E-state index contributed by atoms with van der Waals surface area (Å²) in [7, 11) is 0. The highest BCUT2D eigenvalue weighted by atomic mass is 32.1. The van der Waals surface area contributed by atoms with Crippen molar-refractivity contribution in [1.29, 1.82) is 0 Å². The molecule has 0 radical (unpaired) electrons. The number of carbonyl (C=O) groups excluding carboxylic acids is 1. The molecule has 25 heavy (non-hydrogen) atoms. The first kappa shape index (κ1) is 17.2. The van der Waals surface area contributed by atoms with Gasteiger partial charge in [0.25, 0.3) is 5.56 Å². The second-order valence-corrected chi connectivity index (χ2v) is 6.97. The van der Waals surface area contributed by atoms with Gasteiger partial charge in [0.15, 0.2) is 9.60 Å². The van der Waals surface area contributed by atoms with Crippen LogP contribution in [0.1, 0.15) is 6.42 Å². The van der Waals surface area contributed by atoms with E-state index >= 15 is 0 Å². The summed E-state index contributed by atoms with van der Waals surface area (Å²) in [6.45, 7) is 4.45. The van der Waals surface area contributed by atoms with Crippen LogP contribution in [0.4, 0.5) is 5.69 Å². The molecule has 3 rings (SSSR count). The molecular formula is C17H16N4O2S2. The fourth-order valence-electron chi connectivity index (χ4n) is 2.39. The summed E-state index contributed by atoms with van der Waals surface area (Å²) in [5, 5.41) is 2.79. The maximum atomic E-state index is 12.6. The fraction of sp³-hybridized carbons (Fsp3) is 0.176. The predicted molar refractivity (Wildman–Crippen MR) is 103 cm³/mol. The Labute approximate surface area is 153 Å². The summed E-state index contributed by atoms with van der Waals surface area (Å²) >= 11 is 6.51. The van der Waals surface area contributed by atoms with Crippen molar-refractivity contribution in [3.63, 3.8) is 0 Å². The number of para-hydroxylation sites is 1. The number of carbonyl (C=O) groups is 1. The number of aryl methyl sites for hydroxylation is 1. The van der Waals surface area contributed by atoms with E-state index in [-0.39, 0.29) is 24.4 Å². The van der Waals surface area contributed by atoms with Gasteiger partial charge in [-0.1, -0.05) is 35.6 Å². The standard InChI is InChI=1S/C17H16N4O2S2/c1-2-9-21-15-14(25-17(21)24)16(23)20(11-18-15)10-8-13(22)19-12-6-4-3-5-7-12/h2-7,11H,1,8-10H2,(H,19,22). The highest BCUT2D eigenvalue weighted by Crippen LogP contribution is 2.17. The molecule has 0 aliphatic carbocycles. The van der Waals surface area contributed by atoms with E-state index in [9.17, 15) is 9.59 Å². The van der Waals surface area contributed by atoms with Gasteiger partial charge in [-0.05, 0) is 24.4 Å². The summed E-state index contributed by atoms with van der Waals surface area (Å²) in [4.78, 5) is 28.9. The monoisotopic (exact) mass is 372 g/mol. The molecular weight excluding hydrogens is 356 g/mol. The Kier molecular flexibility index (Phi) is 5.20. The number of hydrogen-bond donors (Lipinski definition) is 1. The summed E-state index contributed by atoms with van der Waals surface area (Å²) in [6.07, 6.45) is 3.35. The molecule has 0 spiro atoms. The van der Waals surface area contributed by atoms with Gasteiger partial charge in [0.2, 0.25) is 5.91 Å². The molecule has 0 atom stereocenters. The third-order valence-corrected chi connectivity index (χ3v) is 5.02. The smallest absolute Gasteiger partial charge is 0.272 e. The van der Waals surface area contributed by atoms with Crippen LogP contribution in [0.3, 0.4) is 0 Å². The third-order valence-electron chi connectivity index (χ3n) is 3.59. The second-order valence-electron chi connectivity index (χ2n) is 5.33. The van der Waals surface area contributed by atoms with E-state index in [2.05, 4.69) is 16.9 Å². The van der Waals surface area contributed by atoms with Gasteiger partial charge in [-0.2, -0.15) is 0 Å². The van der Waals surface area contributed by atoms with Crippen LogP contribution in [0.25, 0.3) is 10.3 Å². The Bertz CT molecular complexity index is 1030. The molecule has 0 saturated carbocycles. The van der Waals surface area contributed by atoms with E-state index in [0.717, 1.165) is 5.69 Å². The molecule has 0 saturated heterocycles. The molecule has 2 heterocycles. The number of fused-ring (bicyclic) bond motifs is 1. The molecule has 0 fully saturated rings. The maximum Gasteiger partial charge on any atom is 0.272 e. The molecule has 1 N–H and O–H groups in total. The number of amides is 1. The van der Waals surface area contributed by atoms with Crippen LogP contribution in [-0.4, -0.2) is 20.0 Å². The van der Waals surface area contributed by atoms with Crippen LogP contribution in [0.15, 0.2) is 54.1 Å². The number of anilines is 1. The van der Waals surface area contributed by atoms with E-state index < -0.39 is 0 Å². The Balaban J connectivity index is 1.77. The Morgan fingerprint density at radius 2 is 2.12 bits per heavy atom. The summed E-state index contributed by atoms with van der Waals surface area (Å²) in [5.74, 6) is -0.157. The maximum absolute atomic E-state index is 12.6. The molecule has 0 bridgehead atoms. The summed E-state index contributed by atoms with van der Waals surface area (Å²) in [5.41, 5.74) is 1.11. The van der Waals surface area contributed by atoms with Crippen LogP contribution in [0.5, 0.6) is 0 Å². The minimum atomic E-state index is -0.184. The predicted octanol–water partition coefficient (Wildman–Crippen LogP) is 3.20. The lowest BCUT2D eigenvalue weighted by Gasteiger charge is -2.07. The highest BCUT2D eigenvalue weighted by Gasteiger charge is 2.12. The number of hydrogen-bond acceptors (Lipinski definition) is 5. The molecule has 0 aliphatic rings. The van der Waals surface area contributed by atoms with Gasteiger partial charge in [0, 0.05) is 25.2 Å². The zero-order valence-corrected chi connectivity index (χ0v) is 15.0. The van der Waals surface area contributed by atoms with Gasteiger partial charge in [-0.3, -0.25) is 14.2 Å². The van der Waals surface area contributed by atoms with Crippen LogP contribution in [0.2, 0.25) is 0 Å². The lowest BCUT2D eigenvalue weighted by molar-refractivity contribution is -0.116. The number of thiazole rings is 1. The number of aromatic nitrogens is 3. The first-order valence-electron chi connectivity index (χ1n) is 7.64. The second kappa shape index (κ2) is 7.54. The van der Waals surface area contributed by atoms with Crippen molar-refractivity contribution in [3.8, 4) is 0 Å². The molecule has 6 nitrogen and oxygen atoms in total. The Hall–Kier alpha value is -2.58. The van der Waals surface area contributed by atoms with Gasteiger partial charge < -0.3 is 9.88 Å².